The summed E-state index contributed by atoms with van der Waals surface area (Å²) >= 11 is 0. The molecule has 0 saturated carbocycles. The summed E-state index contributed by atoms with van der Waals surface area (Å²) in [7, 11) is 0. The van der Waals surface area contributed by atoms with Gasteiger partial charge in [-0.2, -0.15) is 0 Å². The molecule has 0 saturated heterocycles. The molecule has 1 aromatic carbocycles. The molecule has 2 heterocycles. The Labute approximate surface area is 143 Å². The van der Waals surface area contributed by atoms with E-state index in [0.29, 0.717) is 18.2 Å². The Balaban J connectivity index is 1.59. The van der Waals surface area contributed by atoms with Crippen LogP contribution in [-0.2, 0) is 13.0 Å². The maximum absolute atomic E-state index is 12.3. The maximum Gasteiger partial charge on any atom is 0.252 e. The lowest BCUT2D eigenvalue weighted by Gasteiger charge is -2.35. The molecule has 1 atom stereocenters. The van der Waals surface area contributed by atoms with Gasteiger partial charge in [-0.25, -0.2) is 0 Å². The van der Waals surface area contributed by atoms with Gasteiger partial charge in [0.2, 0.25) is 0 Å². The zero-order valence-electron chi connectivity index (χ0n) is 14.5. The summed E-state index contributed by atoms with van der Waals surface area (Å²) in [5.41, 5.74) is 4.42. The van der Waals surface area contributed by atoms with Crippen LogP contribution < -0.4 is 5.32 Å². The number of carbonyl (C=O) groups is 1. The normalized spacial score (nSPS) is 15.6. The molecule has 1 unspecified atom stereocenters. The third kappa shape index (κ3) is 3.82. The lowest BCUT2D eigenvalue weighted by molar-refractivity contribution is 0.0926. The van der Waals surface area contributed by atoms with Gasteiger partial charge in [-0.15, -0.1) is 0 Å². The van der Waals surface area contributed by atoms with E-state index in [0.717, 1.165) is 31.6 Å². The van der Waals surface area contributed by atoms with Crippen LogP contribution in [0.4, 0.5) is 0 Å². The monoisotopic (exact) mass is 323 g/mol. The molecule has 1 aliphatic heterocycles. The molecule has 24 heavy (non-hydrogen) atoms. The fourth-order valence-corrected chi connectivity index (χ4v) is 3.28. The molecule has 4 nitrogen and oxygen atoms in total. The number of aromatic nitrogens is 1. The SMILES string of the molecule is CCC(CNC(=O)c1ccc(C)nc1)N1CCc2ccccc2C1. The number of nitrogens with zero attached hydrogens (tertiary/aromatic N) is 2. The van der Waals surface area contributed by atoms with Gasteiger partial charge in [0.15, 0.2) is 0 Å². The minimum Gasteiger partial charge on any atom is -0.350 e. The number of pyridine rings is 1. The Morgan fingerprint density at radius 3 is 2.75 bits per heavy atom. The van der Waals surface area contributed by atoms with E-state index < -0.39 is 0 Å². The van der Waals surface area contributed by atoms with Crippen molar-refractivity contribution in [1.82, 2.24) is 15.2 Å². The standard InChI is InChI=1S/C20H25N3O/c1-3-19(13-22-20(24)17-9-8-15(2)21-12-17)23-11-10-16-6-4-5-7-18(16)14-23/h4-9,12,19H,3,10-11,13-14H2,1-2H3,(H,22,24). The van der Waals surface area contributed by atoms with Crippen LogP contribution in [0.15, 0.2) is 42.6 Å². The predicted octanol–water partition coefficient (Wildman–Crippen LogP) is 2.96. The lowest BCUT2D eigenvalue weighted by atomic mass is 9.98. The van der Waals surface area contributed by atoms with E-state index in [-0.39, 0.29) is 5.91 Å². The number of nitrogens with one attached hydrogen (secondary N) is 1. The highest BCUT2D eigenvalue weighted by Gasteiger charge is 2.22. The van der Waals surface area contributed by atoms with Crippen LogP contribution in [0, 0.1) is 6.92 Å². The fourth-order valence-electron chi connectivity index (χ4n) is 3.28. The Morgan fingerprint density at radius 1 is 1.25 bits per heavy atom. The number of hydrogen-bond acceptors (Lipinski definition) is 3. The zero-order chi connectivity index (χ0) is 16.9. The van der Waals surface area contributed by atoms with E-state index >= 15 is 0 Å². The van der Waals surface area contributed by atoms with Crippen LogP contribution in [0.2, 0.25) is 0 Å². The van der Waals surface area contributed by atoms with Gasteiger partial charge >= 0.3 is 0 Å². The van der Waals surface area contributed by atoms with E-state index in [4.69, 9.17) is 0 Å². The van der Waals surface area contributed by atoms with Crippen molar-refractivity contribution in [3.63, 3.8) is 0 Å². The molecule has 2 aromatic rings. The average molecular weight is 323 g/mol. The summed E-state index contributed by atoms with van der Waals surface area (Å²) in [6.07, 6.45) is 3.75. The highest BCUT2D eigenvalue weighted by molar-refractivity contribution is 5.93. The summed E-state index contributed by atoms with van der Waals surface area (Å²) in [6.45, 7) is 6.80. The smallest absolute Gasteiger partial charge is 0.252 e. The van der Waals surface area contributed by atoms with Crippen LogP contribution in [0.25, 0.3) is 0 Å². The van der Waals surface area contributed by atoms with E-state index in [1.807, 2.05) is 19.1 Å². The number of fused-ring (bicyclic) bond motifs is 1. The second kappa shape index (κ2) is 7.58. The van der Waals surface area contributed by atoms with Gasteiger partial charge in [0.1, 0.15) is 0 Å². The van der Waals surface area contributed by atoms with Gasteiger partial charge in [-0.3, -0.25) is 14.7 Å². The number of rotatable bonds is 5. The van der Waals surface area contributed by atoms with Gasteiger partial charge in [0, 0.05) is 37.6 Å². The topological polar surface area (TPSA) is 45.2 Å². The Hall–Kier alpha value is -2.20. The largest absolute Gasteiger partial charge is 0.350 e. The summed E-state index contributed by atoms with van der Waals surface area (Å²) in [6, 6.07) is 12.7. The van der Waals surface area contributed by atoms with Gasteiger partial charge in [-0.1, -0.05) is 31.2 Å². The molecule has 1 aliphatic rings. The third-order valence-electron chi connectivity index (χ3n) is 4.82. The van der Waals surface area contributed by atoms with Gasteiger partial charge in [0.25, 0.3) is 5.91 Å². The molecule has 3 rings (SSSR count). The number of amides is 1. The lowest BCUT2D eigenvalue weighted by Crippen LogP contribution is -2.45. The average Bonchev–Trinajstić information content (AvgIpc) is 2.62. The van der Waals surface area contributed by atoms with Crippen LogP contribution in [0.5, 0.6) is 0 Å². The molecule has 0 spiro atoms. The Morgan fingerprint density at radius 2 is 2.04 bits per heavy atom. The minimum absolute atomic E-state index is 0.0432. The number of aryl methyl sites for hydroxylation is 1. The van der Waals surface area contributed by atoms with Crippen molar-refractivity contribution in [2.24, 2.45) is 0 Å². The van der Waals surface area contributed by atoms with Crippen LogP contribution >= 0.6 is 0 Å². The van der Waals surface area contributed by atoms with E-state index in [1.165, 1.54) is 11.1 Å². The van der Waals surface area contributed by atoms with Crippen molar-refractivity contribution in [3.05, 3.63) is 65.0 Å². The molecule has 126 valence electrons. The molecular weight excluding hydrogens is 298 g/mol. The third-order valence-corrected chi connectivity index (χ3v) is 4.82. The number of benzene rings is 1. The number of carbonyl (C=O) groups excluding carboxylic acids is 1. The van der Waals surface area contributed by atoms with E-state index in [9.17, 15) is 4.79 Å². The first-order valence-electron chi connectivity index (χ1n) is 8.69. The molecule has 1 aromatic heterocycles. The maximum atomic E-state index is 12.3. The number of hydrogen-bond donors (Lipinski definition) is 1. The molecule has 1 N–H and O–H groups in total. The van der Waals surface area contributed by atoms with Crippen molar-refractivity contribution in [1.29, 1.82) is 0 Å². The van der Waals surface area contributed by atoms with Crippen molar-refractivity contribution < 1.29 is 4.79 Å². The molecular formula is C20H25N3O. The quantitative estimate of drug-likeness (QED) is 0.920. The Kier molecular flexibility index (Phi) is 5.26. The van der Waals surface area contributed by atoms with E-state index in [1.54, 1.807) is 6.20 Å². The molecule has 0 bridgehead atoms. The minimum atomic E-state index is -0.0432. The summed E-state index contributed by atoms with van der Waals surface area (Å²) in [5, 5.41) is 3.07. The van der Waals surface area contributed by atoms with Crippen LogP contribution in [0.3, 0.4) is 0 Å². The van der Waals surface area contributed by atoms with E-state index in [2.05, 4.69) is 46.4 Å². The predicted molar refractivity (Wildman–Crippen MR) is 95.9 cm³/mol. The van der Waals surface area contributed by atoms with Gasteiger partial charge < -0.3 is 5.32 Å². The van der Waals surface area contributed by atoms with Gasteiger partial charge in [0.05, 0.1) is 5.56 Å². The summed E-state index contributed by atoms with van der Waals surface area (Å²) in [4.78, 5) is 19.0. The molecule has 4 heteroatoms. The molecule has 0 fully saturated rings. The molecule has 0 radical (unpaired) electrons. The summed E-state index contributed by atoms with van der Waals surface area (Å²) < 4.78 is 0. The first kappa shape index (κ1) is 16.7. The van der Waals surface area contributed by atoms with Gasteiger partial charge in [-0.05, 0) is 43.0 Å². The first-order valence-corrected chi connectivity index (χ1v) is 8.69. The fraction of sp³-hybridized carbons (Fsp3) is 0.400. The van der Waals surface area contributed by atoms with Crippen LogP contribution in [-0.4, -0.2) is 34.9 Å². The first-order chi connectivity index (χ1) is 11.7. The molecule has 1 amide bonds. The Bertz CT molecular complexity index is 696. The van der Waals surface area contributed by atoms with Crippen molar-refractivity contribution >= 4 is 5.91 Å². The highest BCUT2D eigenvalue weighted by Crippen LogP contribution is 2.21. The van der Waals surface area contributed by atoms with Crippen LogP contribution in [0.1, 0.15) is 40.5 Å². The van der Waals surface area contributed by atoms with Crippen molar-refractivity contribution in [3.8, 4) is 0 Å². The second-order valence-electron chi connectivity index (χ2n) is 6.45. The van der Waals surface area contributed by atoms with Crippen molar-refractivity contribution in [2.45, 2.75) is 39.3 Å². The summed E-state index contributed by atoms with van der Waals surface area (Å²) in [5.74, 6) is -0.0432. The highest BCUT2D eigenvalue weighted by atomic mass is 16.1. The second-order valence-corrected chi connectivity index (χ2v) is 6.45. The molecule has 0 aliphatic carbocycles. The zero-order valence-corrected chi connectivity index (χ0v) is 14.5. The van der Waals surface area contributed by atoms with Crippen molar-refractivity contribution in [2.75, 3.05) is 13.1 Å².